The maximum absolute atomic E-state index is 12.8. The van der Waals surface area contributed by atoms with E-state index in [9.17, 15) is 8.42 Å². The van der Waals surface area contributed by atoms with Gasteiger partial charge in [0.1, 0.15) is 10.7 Å². The molecule has 0 radical (unpaired) electrons. The fourth-order valence-corrected chi connectivity index (χ4v) is 6.09. The molecule has 2 fully saturated rings. The van der Waals surface area contributed by atoms with Crippen molar-refractivity contribution in [2.45, 2.75) is 49.3 Å². The lowest BCUT2D eigenvalue weighted by atomic mass is 9.72. The number of ether oxygens (including phenoxy) is 1. The van der Waals surface area contributed by atoms with Gasteiger partial charge in [-0.05, 0) is 55.9 Å². The van der Waals surface area contributed by atoms with Gasteiger partial charge in [0, 0.05) is 44.5 Å². The molecule has 6 nitrogen and oxygen atoms in total. The quantitative estimate of drug-likeness (QED) is 0.758. The minimum absolute atomic E-state index is 0.0101. The van der Waals surface area contributed by atoms with E-state index in [1.54, 1.807) is 16.4 Å². The summed E-state index contributed by atoms with van der Waals surface area (Å²) in [5.41, 5.74) is 2.63. The van der Waals surface area contributed by atoms with Crippen LogP contribution in [-0.4, -0.2) is 50.6 Å². The van der Waals surface area contributed by atoms with Crippen molar-refractivity contribution in [2.24, 2.45) is 0 Å². The molecule has 2 saturated heterocycles. The first-order valence-corrected chi connectivity index (χ1v) is 12.3. The van der Waals surface area contributed by atoms with E-state index in [0.717, 1.165) is 51.9 Å². The van der Waals surface area contributed by atoms with Crippen molar-refractivity contribution in [3.8, 4) is 0 Å². The van der Waals surface area contributed by atoms with Gasteiger partial charge >= 0.3 is 0 Å². The molecule has 2 aliphatic rings. The van der Waals surface area contributed by atoms with Crippen molar-refractivity contribution >= 4 is 15.8 Å². The average molecular weight is 430 g/mol. The highest BCUT2D eigenvalue weighted by Crippen LogP contribution is 2.37. The van der Waals surface area contributed by atoms with Crippen LogP contribution in [0.15, 0.2) is 47.5 Å². The Hall–Kier alpha value is -1.96. The first kappa shape index (κ1) is 21.3. The standard InChI is InChI=1S/C23H31N3O3S/c1-19-7-3-4-8-21(19)23(11-15-29-16-12-23)18-25-22-10-9-20(17-24-22)30(27,28)26-13-5-2-6-14-26/h3-4,7-10,17H,2,5-6,11-16,18H2,1H3,(H,24,25). The highest BCUT2D eigenvalue weighted by atomic mass is 32.2. The summed E-state index contributed by atoms with van der Waals surface area (Å²) in [6.07, 6.45) is 6.34. The second kappa shape index (κ2) is 9.04. The molecule has 0 amide bonds. The number of pyridine rings is 1. The fraction of sp³-hybridized carbons (Fsp3) is 0.522. The summed E-state index contributed by atoms with van der Waals surface area (Å²) in [4.78, 5) is 4.70. The van der Waals surface area contributed by atoms with Crippen LogP contribution in [0, 0.1) is 6.92 Å². The van der Waals surface area contributed by atoms with Crippen molar-refractivity contribution < 1.29 is 13.2 Å². The number of nitrogens with one attached hydrogen (secondary N) is 1. The number of sulfonamides is 1. The lowest BCUT2D eigenvalue weighted by Gasteiger charge is -2.39. The van der Waals surface area contributed by atoms with Gasteiger partial charge in [0.25, 0.3) is 0 Å². The summed E-state index contributed by atoms with van der Waals surface area (Å²) < 4.78 is 32.9. The van der Waals surface area contributed by atoms with Gasteiger partial charge in [0.15, 0.2) is 0 Å². The topological polar surface area (TPSA) is 71.5 Å². The highest BCUT2D eigenvalue weighted by Gasteiger charge is 2.35. The van der Waals surface area contributed by atoms with Gasteiger partial charge in [0.2, 0.25) is 10.0 Å². The Balaban J connectivity index is 1.49. The predicted molar refractivity (Wildman–Crippen MR) is 118 cm³/mol. The van der Waals surface area contributed by atoms with Gasteiger partial charge in [-0.3, -0.25) is 0 Å². The molecule has 0 saturated carbocycles. The molecule has 162 valence electrons. The SMILES string of the molecule is Cc1ccccc1C1(CNc2ccc(S(=O)(=O)N3CCCCC3)cn2)CCOCC1. The molecular weight excluding hydrogens is 398 g/mol. The van der Waals surface area contributed by atoms with Crippen LogP contribution in [-0.2, 0) is 20.2 Å². The monoisotopic (exact) mass is 429 g/mol. The van der Waals surface area contributed by atoms with E-state index < -0.39 is 10.0 Å². The zero-order valence-electron chi connectivity index (χ0n) is 17.6. The zero-order valence-corrected chi connectivity index (χ0v) is 18.5. The molecule has 0 bridgehead atoms. The van der Waals surface area contributed by atoms with E-state index in [-0.39, 0.29) is 10.3 Å². The van der Waals surface area contributed by atoms with Crippen LogP contribution in [0.2, 0.25) is 0 Å². The van der Waals surface area contributed by atoms with Crippen LogP contribution in [0.1, 0.15) is 43.2 Å². The molecule has 1 aromatic heterocycles. The Labute approximate surface area is 179 Å². The number of aromatic nitrogens is 1. The van der Waals surface area contributed by atoms with E-state index in [4.69, 9.17) is 4.74 Å². The van der Waals surface area contributed by atoms with Crippen molar-refractivity contribution in [3.63, 3.8) is 0 Å². The van der Waals surface area contributed by atoms with Crippen LogP contribution in [0.4, 0.5) is 5.82 Å². The Kier molecular flexibility index (Phi) is 6.41. The zero-order chi connectivity index (χ0) is 21.0. The molecule has 0 spiro atoms. The van der Waals surface area contributed by atoms with Gasteiger partial charge in [-0.2, -0.15) is 4.31 Å². The molecule has 1 N–H and O–H groups in total. The molecule has 7 heteroatoms. The smallest absolute Gasteiger partial charge is 0.244 e. The number of aryl methyl sites for hydroxylation is 1. The third kappa shape index (κ3) is 4.38. The van der Waals surface area contributed by atoms with Crippen LogP contribution >= 0.6 is 0 Å². The molecule has 0 atom stereocenters. The van der Waals surface area contributed by atoms with Crippen molar-refractivity contribution in [2.75, 3.05) is 38.2 Å². The lowest BCUT2D eigenvalue weighted by molar-refractivity contribution is 0.0541. The summed E-state index contributed by atoms with van der Waals surface area (Å²) in [6.45, 7) is 5.59. The molecule has 3 heterocycles. The third-order valence-corrected chi connectivity index (χ3v) is 8.35. The fourth-order valence-electron chi connectivity index (χ4n) is 4.62. The normalized spacial score (nSPS) is 20.0. The summed E-state index contributed by atoms with van der Waals surface area (Å²) in [5, 5.41) is 3.46. The van der Waals surface area contributed by atoms with E-state index >= 15 is 0 Å². The van der Waals surface area contributed by atoms with E-state index in [1.807, 2.05) is 0 Å². The summed E-state index contributed by atoms with van der Waals surface area (Å²) in [7, 11) is -3.45. The van der Waals surface area contributed by atoms with Crippen molar-refractivity contribution in [1.82, 2.24) is 9.29 Å². The summed E-state index contributed by atoms with van der Waals surface area (Å²) in [6, 6.07) is 12.0. The van der Waals surface area contributed by atoms with Gasteiger partial charge < -0.3 is 10.1 Å². The molecule has 2 aliphatic heterocycles. The Morgan fingerprint density at radius 2 is 1.80 bits per heavy atom. The highest BCUT2D eigenvalue weighted by molar-refractivity contribution is 7.89. The van der Waals surface area contributed by atoms with Crippen molar-refractivity contribution in [3.05, 3.63) is 53.7 Å². The first-order chi connectivity index (χ1) is 14.5. The molecule has 4 rings (SSSR count). The molecule has 30 heavy (non-hydrogen) atoms. The number of rotatable bonds is 6. The number of benzene rings is 1. The Morgan fingerprint density at radius 3 is 2.47 bits per heavy atom. The first-order valence-electron chi connectivity index (χ1n) is 10.9. The molecule has 0 aliphatic carbocycles. The molecule has 2 aromatic rings. The van der Waals surface area contributed by atoms with Gasteiger partial charge in [-0.1, -0.05) is 30.7 Å². The largest absolute Gasteiger partial charge is 0.381 e. The van der Waals surface area contributed by atoms with Crippen LogP contribution in [0.5, 0.6) is 0 Å². The minimum atomic E-state index is -3.45. The van der Waals surface area contributed by atoms with E-state index in [0.29, 0.717) is 18.9 Å². The molecule has 0 unspecified atom stereocenters. The van der Waals surface area contributed by atoms with Crippen molar-refractivity contribution in [1.29, 1.82) is 0 Å². The van der Waals surface area contributed by atoms with Gasteiger partial charge in [-0.15, -0.1) is 0 Å². The maximum Gasteiger partial charge on any atom is 0.244 e. The summed E-state index contributed by atoms with van der Waals surface area (Å²) in [5.74, 6) is 0.701. The minimum Gasteiger partial charge on any atom is -0.381 e. The van der Waals surface area contributed by atoms with Gasteiger partial charge in [-0.25, -0.2) is 13.4 Å². The average Bonchev–Trinajstić information content (AvgIpc) is 2.79. The molecular formula is C23H31N3O3S. The number of anilines is 1. The van der Waals surface area contributed by atoms with E-state index in [2.05, 4.69) is 41.5 Å². The predicted octanol–water partition coefficient (Wildman–Crippen LogP) is 3.72. The number of nitrogens with zero attached hydrogens (tertiary/aromatic N) is 2. The second-order valence-corrected chi connectivity index (χ2v) is 10.3. The maximum atomic E-state index is 12.8. The third-order valence-electron chi connectivity index (χ3n) is 6.46. The number of piperidine rings is 1. The van der Waals surface area contributed by atoms with Gasteiger partial charge in [0.05, 0.1) is 0 Å². The molecule has 1 aromatic carbocycles. The number of hydrogen-bond acceptors (Lipinski definition) is 5. The van der Waals surface area contributed by atoms with E-state index in [1.165, 1.54) is 17.3 Å². The van der Waals surface area contributed by atoms with Crippen LogP contribution in [0.25, 0.3) is 0 Å². The Morgan fingerprint density at radius 1 is 1.07 bits per heavy atom. The van der Waals surface area contributed by atoms with Crippen LogP contribution in [0.3, 0.4) is 0 Å². The number of hydrogen-bond donors (Lipinski definition) is 1. The summed E-state index contributed by atoms with van der Waals surface area (Å²) >= 11 is 0. The second-order valence-electron chi connectivity index (χ2n) is 8.41. The lowest BCUT2D eigenvalue weighted by Crippen LogP contribution is -2.40. The Bertz CT molecular complexity index is 948. The van der Waals surface area contributed by atoms with Crippen LogP contribution < -0.4 is 5.32 Å².